The predicted octanol–water partition coefficient (Wildman–Crippen LogP) is 3.84. The van der Waals surface area contributed by atoms with Crippen LogP contribution in [0.2, 0.25) is 0 Å². The maximum Gasteiger partial charge on any atom is 0.290 e. The van der Waals surface area contributed by atoms with Crippen molar-refractivity contribution in [1.82, 2.24) is 9.80 Å². The molecule has 1 amide bonds. The SMILES string of the molecule is CCc1ccc(C2C(C(=O)c3cccs3)=C(O)C(=O)N2CCCN(C)C)cc1. The van der Waals surface area contributed by atoms with Crippen LogP contribution >= 0.6 is 11.3 Å². The monoisotopic (exact) mass is 398 g/mol. The Kier molecular flexibility index (Phi) is 6.31. The fourth-order valence-corrected chi connectivity index (χ4v) is 4.17. The van der Waals surface area contributed by atoms with Crippen LogP contribution in [0.4, 0.5) is 0 Å². The van der Waals surface area contributed by atoms with Gasteiger partial charge in [-0.3, -0.25) is 9.59 Å². The van der Waals surface area contributed by atoms with E-state index < -0.39 is 17.7 Å². The lowest BCUT2D eigenvalue weighted by atomic mass is 9.94. The number of carbonyl (C=O) groups excluding carboxylic acids is 2. The van der Waals surface area contributed by atoms with Gasteiger partial charge in [-0.05, 0) is 56.1 Å². The van der Waals surface area contributed by atoms with E-state index in [1.54, 1.807) is 17.0 Å². The maximum absolute atomic E-state index is 13.1. The van der Waals surface area contributed by atoms with Crippen molar-refractivity contribution in [1.29, 1.82) is 0 Å². The fraction of sp³-hybridized carbons (Fsp3) is 0.364. The molecular weight excluding hydrogens is 372 g/mol. The van der Waals surface area contributed by atoms with Crippen molar-refractivity contribution in [3.63, 3.8) is 0 Å². The summed E-state index contributed by atoms with van der Waals surface area (Å²) in [5.74, 6) is -1.17. The molecule has 2 heterocycles. The fourth-order valence-electron chi connectivity index (χ4n) is 3.50. The number of amides is 1. The van der Waals surface area contributed by atoms with Crippen molar-refractivity contribution in [3.05, 3.63) is 69.1 Å². The summed E-state index contributed by atoms with van der Waals surface area (Å²) in [7, 11) is 3.96. The minimum Gasteiger partial charge on any atom is -0.503 e. The van der Waals surface area contributed by atoms with Gasteiger partial charge in [-0.2, -0.15) is 0 Å². The lowest BCUT2D eigenvalue weighted by molar-refractivity contribution is -0.129. The Balaban J connectivity index is 1.99. The average Bonchev–Trinajstić information content (AvgIpc) is 3.30. The molecule has 28 heavy (non-hydrogen) atoms. The van der Waals surface area contributed by atoms with Gasteiger partial charge in [0.1, 0.15) is 0 Å². The summed E-state index contributed by atoms with van der Waals surface area (Å²) in [5.41, 5.74) is 2.22. The molecule has 1 aliphatic heterocycles. The van der Waals surface area contributed by atoms with Gasteiger partial charge < -0.3 is 14.9 Å². The highest BCUT2D eigenvalue weighted by Crippen LogP contribution is 2.39. The standard InChI is InChI=1S/C22H26N2O3S/c1-4-15-8-10-16(11-9-15)19-18(20(25)17-7-5-14-28-17)21(26)22(27)24(19)13-6-12-23(2)3/h5,7-11,14,19,26H,4,6,12-13H2,1-3H3. The molecule has 5 nitrogen and oxygen atoms in total. The quantitative estimate of drug-likeness (QED) is 0.687. The molecule has 148 valence electrons. The van der Waals surface area contributed by atoms with Crippen molar-refractivity contribution in [3.8, 4) is 0 Å². The van der Waals surface area contributed by atoms with Crippen molar-refractivity contribution >= 4 is 23.0 Å². The van der Waals surface area contributed by atoms with E-state index in [0.29, 0.717) is 11.4 Å². The predicted molar refractivity (Wildman–Crippen MR) is 112 cm³/mol. The summed E-state index contributed by atoms with van der Waals surface area (Å²) in [6.45, 7) is 3.38. The molecule has 1 aromatic carbocycles. The van der Waals surface area contributed by atoms with Gasteiger partial charge in [0.25, 0.3) is 5.91 Å². The summed E-state index contributed by atoms with van der Waals surface area (Å²) in [6.07, 6.45) is 1.68. The van der Waals surface area contributed by atoms with Crippen LogP contribution in [0.5, 0.6) is 0 Å². The summed E-state index contributed by atoms with van der Waals surface area (Å²) in [4.78, 5) is 30.1. The second kappa shape index (κ2) is 8.71. The molecule has 0 saturated heterocycles. The molecule has 0 bridgehead atoms. The highest BCUT2D eigenvalue weighted by atomic mass is 32.1. The lowest BCUT2D eigenvalue weighted by Crippen LogP contribution is -2.33. The Morgan fingerprint density at radius 3 is 2.50 bits per heavy atom. The second-order valence-electron chi connectivity index (χ2n) is 7.22. The highest BCUT2D eigenvalue weighted by Gasteiger charge is 2.43. The Bertz CT molecular complexity index is 870. The summed E-state index contributed by atoms with van der Waals surface area (Å²) >= 11 is 1.32. The normalized spacial score (nSPS) is 17.1. The number of Topliss-reactive ketones (excluding diaryl/α,β-unsaturated/α-hetero) is 1. The minimum absolute atomic E-state index is 0.182. The summed E-state index contributed by atoms with van der Waals surface area (Å²) < 4.78 is 0. The van der Waals surface area contributed by atoms with Gasteiger partial charge in [0, 0.05) is 6.54 Å². The molecule has 1 aliphatic rings. The zero-order valence-corrected chi connectivity index (χ0v) is 17.3. The van der Waals surface area contributed by atoms with Crippen molar-refractivity contribution in [2.45, 2.75) is 25.8 Å². The summed E-state index contributed by atoms with van der Waals surface area (Å²) in [6, 6.07) is 10.9. The number of hydrogen-bond donors (Lipinski definition) is 1. The molecule has 1 aromatic heterocycles. The topological polar surface area (TPSA) is 60.9 Å². The van der Waals surface area contributed by atoms with E-state index in [2.05, 4.69) is 11.8 Å². The number of nitrogens with zero attached hydrogens (tertiary/aromatic N) is 2. The third-order valence-electron chi connectivity index (χ3n) is 5.00. The number of carbonyl (C=O) groups is 2. The highest BCUT2D eigenvalue weighted by molar-refractivity contribution is 7.12. The molecule has 0 spiro atoms. The molecular formula is C22H26N2O3S. The third-order valence-corrected chi connectivity index (χ3v) is 5.87. The number of aliphatic hydroxyl groups is 1. The van der Waals surface area contributed by atoms with Crippen molar-refractivity contribution in [2.24, 2.45) is 0 Å². The van der Waals surface area contributed by atoms with Gasteiger partial charge in [0.05, 0.1) is 16.5 Å². The first-order valence-corrected chi connectivity index (χ1v) is 10.4. The zero-order valence-electron chi connectivity index (χ0n) is 16.5. The number of aryl methyl sites for hydroxylation is 1. The Hall–Kier alpha value is -2.44. The van der Waals surface area contributed by atoms with E-state index in [-0.39, 0.29) is 11.4 Å². The van der Waals surface area contributed by atoms with Crippen molar-refractivity contribution in [2.75, 3.05) is 27.2 Å². The van der Waals surface area contributed by atoms with Crippen LogP contribution in [-0.4, -0.2) is 53.8 Å². The first kappa shape index (κ1) is 20.3. The zero-order chi connectivity index (χ0) is 20.3. The molecule has 3 rings (SSSR count). The van der Waals surface area contributed by atoms with Gasteiger partial charge in [-0.15, -0.1) is 11.3 Å². The molecule has 0 saturated carbocycles. The molecule has 0 aliphatic carbocycles. The van der Waals surface area contributed by atoms with E-state index in [1.807, 2.05) is 43.7 Å². The largest absolute Gasteiger partial charge is 0.503 e. The van der Waals surface area contributed by atoms with Crippen LogP contribution in [-0.2, 0) is 11.2 Å². The van der Waals surface area contributed by atoms with Gasteiger partial charge in [0.15, 0.2) is 5.76 Å². The van der Waals surface area contributed by atoms with Crippen molar-refractivity contribution < 1.29 is 14.7 Å². The van der Waals surface area contributed by atoms with Crippen LogP contribution in [0.25, 0.3) is 0 Å². The average molecular weight is 399 g/mol. The van der Waals surface area contributed by atoms with Crippen LogP contribution in [0.1, 0.15) is 40.2 Å². The third kappa shape index (κ3) is 4.03. The molecule has 2 aromatic rings. The first-order chi connectivity index (χ1) is 13.4. The maximum atomic E-state index is 13.1. The molecule has 6 heteroatoms. The summed E-state index contributed by atoms with van der Waals surface area (Å²) in [5, 5.41) is 12.4. The van der Waals surface area contributed by atoms with E-state index in [1.165, 1.54) is 16.9 Å². The van der Waals surface area contributed by atoms with Crippen LogP contribution in [0.15, 0.2) is 53.1 Å². The number of thiophene rings is 1. The minimum atomic E-state index is -0.560. The number of benzene rings is 1. The van der Waals surface area contributed by atoms with Gasteiger partial charge in [0.2, 0.25) is 5.78 Å². The number of ketones is 1. The van der Waals surface area contributed by atoms with Crippen LogP contribution in [0.3, 0.4) is 0 Å². The van der Waals surface area contributed by atoms with Gasteiger partial charge in [-0.1, -0.05) is 37.3 Å². The Morgan fingerprint density at radius 2 is 1.93 bits per heavy atom. The van der Waals surface area contributed by atoms with E-state index in [9.17, 15) is 14.7 Å². The smallest absolute Gasteiger partial charge is 0.290 e. The molecule has 0 fully saturated rings. The number of aliphatic hydroxyl groups excluding tert-OH is 1. The van der Waals surface area contributed by atoms with Crippen LogP contribution in [0, 0.1) is 0 Å². The van der Waals surface area contributed by atoms with Crippen LogP contribution < -0.4 is 0 Å². The van der Waals surface area contributed by atoms with E-state index in [4.69, 9.17) is 0 Å². The van der Waals surface area contributed by atoms with E-state index in [0.717, 1.165) is 24.9 Å². The number of hydrogen-bond acceptors (Lipinski definition) is 5. The van der Waals surface area contributed by atoms with Gasteiger partial charge >= 0.3 is 0 Å². The Labute approximate surface area is 169 Å². The van der Waals surface area contributed by atoms with E-state index >= 15 is 0 Å². The molecule has 0 radical (unpaired) electrons. The molecule has 1 N–H and O–H groups in total. The molecule has 1 atom stereocenters. The van der Waals surface area contributed by atoms with Gasteiger partial charge in [-0.25, -0.2) is 0 Å². The second-order valence-corrected chi connectivity index (χ2v) is 8.17. The lowest BCUT2D eigenvalue weighted by Gasteiger charge is -2.27. The molecule has 1 unspecified atom stereocenters. The first-order valence-electron chi connectivity index (χ1n) is 9.50. The number of rotatable bonds is 8. The Morgan fingerprint density at radius 1 is 1.21 bits per heavy atom.